The highest BCUT2D eigenvalue weighted by atomic mass is 79.9. The van der Waals surface area contributed by atoms with Crippen molar-refractivity contribution in [2.45, 2.75) is 32.6 Å². The van der Waals surface area contributed by atoms with Crippen LogP contribution in [0.5, 0.6) is 0 Å². The second-order valence-electron chi connectivity index (χ2n) is 3.89. The molecule has 2 nitrogen and oxygen atoms in total. The van der Waals surface area contributed by atoms with Crippen LogP contribution in [-0.2, 0) is 6.42 Å². The molecule has 1 aliphatic carbocycles. The predicted molar refractivity (Wildman–Crippen MR) is 63.0 cm³/mol. The highest BCUT2D eigenvalue weighted by molar-refractivity contribution is 9.10. The van der Waals surface area contributed by atoms with Gasteiger partial charge in [-0.2, -0.15) is 0 Å². The Morgan fingerprint density at radius 2 is 2.29 bits per heavy atom. The maximum Gasteiger partial charge on any atom is 0.144 e. The fourth-order valence-corrected chi connectivity index (χ4v) is 2.34. The molecule has 0 spiro atoms. The number of hydrogen-bond donors (Lipinski definition) is 1. The normalized spacial score (nSPS) is 25.1. The van der Waals surface area contributed by atoms with Crippen LogP contribution in [-0.4, -0.2) is 9.97 Å². The molecule has 1 aromatic rings. The Hall–Kier alpha value is -0.220. The molecule has 0 radical (unpaired) electrons. The third-order valence-electron chi connectivity index (χ3n) is 2.77. The van der Waals surface area contributed by atoms with E-state index in [4.69, 9.17) is 12.2 Å². The third kappa shape index (κ3) is 1.77. The van der Waals surface area contributed by atoms with E-state index in [0.717, 1.165) is 22.6 Å². The summed E-state index contributed by atoms with van der Waals surface area (Å²) in [5.41, 5.74) is 1.17. The van der Waals surface area contributed by atoms with Crippen LogP contribution < -0.4 is 0 Å². The van der Waals surface area contributed by atoms with Crippen molar-refractivity contribution in [1.82, 2.24) is 9.97 Å². The maximum atomic E-state index is 5.20. The van der Waals surface area contributed by atoms with Gasteiger partial charge in [-0.1, -0.05) is 26.1 Å². The number of halogens is 1. The smallest absolute Gasteiger partial charge is 0.144 e. The largest absolute Gasteiger partial charge is 0.346 e. The van der Waals surface area contributed by atoms with Crippen molar-refractivity contribution in [2.24, 2.45) is 5.92 Å². The Morgan fingerprint density at radius 3 is 2.79 bits per heavy atom. The van der Waals surface area contributed by atoms with E-state index in [1.54, 1.807) is 0 Å². The lowest BCUT2D eigenvalue weighted by Crippen LogP contribution is -2.00. The number of H-pyrrole nitrogens is 1. The minimum atomic E-state index is 0.607. The Kier molecular flexibility index (Phi) is 2.75. The first-order valence-electron chi connectivity index (χ1n) is 4.92. The second-order valence-corrected chi connectivity index (χ2v) is 5.07. The Morgan fingerprint density at radius 1 is 1.64 bits per heavy atom. The Balaban J connectivity index is 2.44. The lowest BCUT2D eigenvalue weighted by Gasteiger charge is -2.05. The molecule has 1 saturated carbocycles. The van der Waals surface area contributed by atoms with Crippen LogP contribution in [0.15, 0.2) is 4.47 Å². The lowest BCUT2D eigenvalue weighted by molar-refractivity contribution is 0.812. The summed E-state index contributed by atoms with van der Waals surface area (Å²) in [6, 6.07) is 0. The summed E-state index contributed by atoms with van der Waals surface area (Å²) in [6.07, 6.45) is 2.20. The van der Waals surface area contributed by atoms with E-state index in [1.807, 2.05) is 0 Å². The molecule has 2 unspecified atom stereocenters. The van der Waals surface area contributed by atoms with E-state index in [-0.39, 0.29) is 0 Å². The van der Waals surface area contributed by atoms with E-state index < -0.39 is 0 Å². The van der Waals surface area contributed by atoms with Crippen LogP contribution in [0.1, 0.15) is 37.7 Å². The van der Waals surface area contributed by atoms with Gasteiger partial charge in [-0.15, -0.1) is 0 Å². The Bertz CT molecular complexity index is 413. The lowest BCUT2D eigenvalue weighted by atomic mass is 10.3. The molecule has 0 aromatic carbocycles. The van der Waals surface area contributed by atoms with Crippen LogP contribution >= 0.6 is 28.1 Å². The number of aryl methyl sites for hydroxylation is 1. The third-order valence-corrected chi connectivity index (χ3v) is 4.18. The SMILES string of the molecule is CCc1[nH]c(C2CC2C)nc(=S)c1Br. The van der Waals surface area contributed by atoms with Crippen molar-refractivity contribution in [3.05, 3.63) is 20.6 Å². The summed E-state index contributed by atoms with van der Waals surface area (Å²) in [5.74, 6) is 2.44. The molecule has 1 aliphatic rings. The van der Waals surface area contributed by atoms with Crippen LogP contribution in [0.3, 0.4) is 0 Å². The zero-order valence-electron chi connectivity index (χ0n) is 8.30. The van der Waals surface area contributed by atoms with Crippen LogP contribution in [0.2, 0.25) is 0 Å². The van der Waals surface area contributed by atoms with E-state index in [9.17, 15) is 0 Å². The van der Waals surface area contributed by atoms with Gasteiger partial charge in [-0.05, 0) is 34.7 Å². The zero-order chi connectivity index (χ0) is 10.3. The van der Waals surface area contributed by atoms with Crippen molar-refractivity contribution >= 4 is 28.1 Å². The molecule has 0 aliphatic heterocycles. The average Bonchev–Trinajstić information content (AvgIpc) is 2.87. The Labute approximate surface area is 97.3 Å². The van der Waals surface area contributed by atoms with Crippen molar-refractivity contribution in [3.63, 3.8) is 0 Å². The first kappa shape index (κ1) is 10.3. The summed E-state index contributed by atoms with van der Waals surface area (Å²) in [7, 11) is 0. The molecular weight excluding hydrogens is 260 g/mol. The van der Waals surface area contributed by atoms with Crippen molar-refractivity contribution in [1.29, 1.82) is 0 Å². The number of aromatic amines is 1. The van der Waals surface area contributed by atoms with Gasteiger partial charge >= 0.3 is 0 Å². The van der Waals surface area contributed by atoms with Crippen LogP contribution in [0.25, 0.3) is 0 Å². The van der Waals surface area contributed by atoms with E-state index >= 15 is 0 Å². The van der Waals surface area contributed by atoms with Gasteiger partial charge < -0.3 is 4.98 Å². The minimum Gasteiger partial charge on any atom is -0.346 e. The number of nitrogens with one attached hydrogen (secondary N) is 1. The highest BCUT2D eigenvalue weighted by Gasteiger charge is 2.36. The van der Waals surface area contributed by atoms with Gasteiger partial charge in [0.25, 0.3) is 0 Å². The molecule has 1 N–H and O–H groups in total. The molecule has 2 rings (SSSR count). The molecular formula is C10H13BrN2S. The second kappa shape index (κ2) is 3.74. The summed E-state index contributed by atoms with van der Waals surface area (Å²) in [5, 5.41) is 0. The van der Waals surface area contributed by atoms with Crippen molar-refractivity contribution in [3.8, 4) is 0 Å². The average molecular weight is 273 g/mol. The molecule has 1 aromatic heterocycles. The first-order valence-corrected chi connectivity index (χ1v) is 6.12. The monoisotopic (exact) mass is 272 g/mol. The number of hydrogen-bond acceptors (Lipinski definition) is 2. The van der Waals surface area contributed by atoms with Crippen LogP contribution in [0.4, 0.5) is 0 Å². The summed E-state index contributed by atoms with van der Waals surface area (Å²) >= 11 is 8.66. The molecule has 2 atom stereocenters. The maximum absolute atomic E-state index is 5.20. The number of aromatic nitrogens is 2. The van der Waals surface area contributed by atoms with E-state index in [2.05, 4.69) is 39.7 Å². The topological polar surface area (TPSA) is 28.7 Å². The molecule has 1 heterocycles. The van der Waals surface area contributed by atoms with Gasteiger partial charge in [0, 0.05) is 11.6 Å². The van der Waals surface area contributed by atoms with E-state index in [1.165, 1.54) is 12.1 Å². The fourth-order valence-electron chi connectivity index (χ4n) is 1.65. The molecule has 0 amide bonds. The molecule has 4 heteroatoms. The van der Waals surface area contributed by atoms with Crippen molar-refractivity contribution < 1.29 is 0 Å². The number of rotatable bonds is 2. The van der Waals surface area contributed by atoms with Gasteiger partial charge in [0.2, 0.25) is 0 Å². The summed E-state index contributed by atoms with van der Waals surface area (Å²) in [4.78, 5) is 7.78. The number of nitrogens with zero attached hydrogens (tertiary/aromatic N) is 1. The zero-order valence-corrected chi connectivity index (χ0v) is 10.7. The first-order chi connectivity index (χ1) is 6.63. The van der Waals surface area contributed by atoms with Gasteiger partial charge in [-0.3, -0.25) is 0 Å². The van der Waals surface area contributed by atoms with Crippen LogP contribution in [0, 0.1) is 10.6 Å². The highest BCUT2D eigenvalue weighted by Crippen LogP contribution is 2.45. The predicted octanol–water partition coefficient (Wildman–Crippen LogP) is 3.59. The summed E-state index contributed by atoms with van der Waals surface area (Å²) < 4.78 is 1.64. The van der Waals surface area contributed by atoms with Gasteiger partial charge in [0.15, 0.2) is 0 Å². The van der Waals surface area contributed by atoms with Gasteiger partial charge in [0.1, 0.15) is 10.5 Å². The van der Waals surface area contributed by atoms with E-state index in [0.29, 0.717) is 10.6 Å². The molecule has 76 valence electrons. The quantitative estimate of drug-likeness (QED) is 0.834. The summed E-state index contributed by atoms with van der Waals surface area (Å²) in [6.45, 7) is 4.36. The molecule has 1 fully saturated rings. The van der Waals surface area contributed by atoms with Crippen molar-refractivity contribution in [2.75, 3.05) is 0 Å². The molecule has 0 bridgehead atoms. The fraction of sp³-hybridized carbons (Fsp3) is 0.600. The minimum absolute atomic E-state index is 0.607. The molecule has 14 heavy (non-hydrogen) atoms. The molecule has 0 saturated heterocycles. The van der Waals surface area contributed by atoms with Gasteiger partial charge in [0.05, 0.1) is 4.47 Å². The standard InChI is InChI=1S/C10H13BrN2S/c1-3-7-8(11)10(14)13-9(12-7)6-4-5(6)2/h5-6H,3-4H2,1-2H3,(H,12,13,14). The van der Waals surface area contributed by atoms with Gasteiger partial charge in [-0.25, -0.2) is 4.98 Å².